The largest absolute Gasteiger partial charge is 0.497 e. The zero-order valence-corrected chi connectivity index (χ0v) is 20.2. The number of likely N-dealkylation sites (N-methyl/N-ethyl adjacent to an activating group) is 1. The molecule has 3 amide bonds. The van der Waals surface area contributed by atoms with E-state index in [-0.39, 0.29) is 43.0 Å². The standard InChI is InChI=1S/C23H24N4O4S.ClH/c1-25(2)11-12-26(23-24-18-14-17(31-3)7-8-19(18)32-23)22(30)15-5-4-6-16(13-15)27-20(28)9-10-21(27)29;/h4-8,13-14H,9-12H2,1-3H3;1H. The monoisotopic (exact) mass is 488 g/mol. The molecule has 174 valence electrons. The van der Waals surface area contributed by atoms with Crippen molar-refractivity contribution >= 4 is 62.5 Å². The minimum absolute atomic E-state index is 0. The molecule has 2 heterocycles. The minimum atomic E-state index is -0.246. The molecule has 1 aliphatic heterocycles. The van der Waals surface area contributed by atoms with Crippen molar-refractivity contribution in [2.75, 3.05) is 44.1 Å². The number of ether oxygens (including phenoxy) is 1. The van der Waals surface area contributed by atoms with Crippen LogP contribution < -0.4 is 14.5 Å². The molecule has 8 nitrogen and oxygen atoms in total. The minimum Gasteiger partial charge on any atom is -0.497 e. The van der Waals surface area contributed by atoms with Crippen LogP contribution >= 0.6 is 23.7 Å². The third kappa shape index (κ3) is 5.16. The van der Waals surface area contributed by atoms with Gasteiger partial charge < -0.3 is 9.64 Å². The van der Waals surface area contributed by atoms with E-state index in [4.69, 9.17) is 4.74 Å². The summed E-state index contributed by atoms with van der Waals surface area (Å²) in [5.41, 5.74) is 1.57. The van der Waals surface area contributed by atoms with Crippen LogP contribution in [0.5, 0.6) is 5.75 Å². The van der Waals surface area contributed by atoms with Crippen molar-refractivity contribution in [3.05, 3.63) is 48.0 Å². The Bertz CT molecular complexity index is 1180. The lowest BCUT2D eigenvalue weighted by atomic mass is 10.1. The maximum Gasteiger partial charge on any atom is 0.260 e. The molecule has 0 saturated carbocycles. The molecule has 0 radical (unpaired) electrons. The number of benzene rings is 2. The number of rotatable bonds is 7. The fraction of sp³-hybridized carbons (Fsp3) is 0.304. The summed E-state index contributed by atoms with van der Waals surface area (Å²) < 4.78 is 6.23. The first-order valence-electron chi connectivity index (χ1n) is 10.2. The summed E-state index contributed by atoms with van der Waals surface area (Å²) in [6, 6.07) is 12.3. The predicted octanol–water partition coefficient (Wildman–Crippen LogP) is 3.59. The number of nitrogens with zero attached hydrogens (tertiary/aromatic N) is 4. The Morgan fingerprint density at radius 3 is 2.48 bits per heavy atom. The molecule has 0 aliphatic carbocycles. The lowest BCUT2D eigenvalue weighted by Crippen LogP contribution is -2.37. The molecule has 0 bridgehead atoms. The van der Waals surface area contributed by atoms with Crippen molar-refractivity contribution in [2.45, 2.75) is 12.8 Å². The Morgan fingerprint density at radius 1 is 1.09 bits per heavy atom. The molecule has 0 N–H and O–H groups in total. The number of methoxy groups -OCH3 is 1. The van der Waals surface area contributed by atoms with E-state index in [2.05, 4.69) is 4.98 Å². The maximum atomic E-state index is 13.5. The summed E-state index contributed by atoms with van der Waals surface area (Å²) in [4.78, 5) is 47.3. The van der Waals surface area contributed by atoms with Crippen LogP contribution in [0.15, 0.2) is 42.5 Å². The number of hydrogen-bond acceptors (Lipinski definition) is 7. The van der Waals surface area contributed by atoms with E-state index in [9.17, 15) is 14.4 Å². The van der Waals surface area contributed by atoms with Crippen LogP contribution in [-0.4, -0.2) is 61.9 Å². The molecule has 4 rings (SSSR count). The average molecular weight is 489 g/mol. The Morgan fingerprint density at radius 2 is 1.82 bits per heavy atom. The van der Waals surface area contributed by atoms with E-state index >= 15 is 0 Å². The number of hydrogen-bond donors (Lipinski definition) is 0. The van der Waals surface area contributed by atoms with Gasteiger partial charge >= 0.3 is 0 Å². The number of aromatic nitrogens is 1. The third-order valence-electron chi connectivity index (χ3n) is 5.23. The molecule has 3 aromatic rings. The molecule has 2 aromatic carbocycles. The normalized spacial score (nSPS) is 13.5. The molecule has 1 fully saturated rings. The van der Waals surface area contributed by atoms with Gasteiger partial charge in [-0.2, -0.15) is 0 Å². The summed E-state index contributed by atoms with van der Waals surface area (Å²) in [5.74, 6) is -0.0275. The zero-order chi connectivity index (χ0) is 22.8. The summed E-state index contributed by atoms with van der Waals surface area (Å²) in [5, 5.41) is 0.582. The van der Waals surface area contributed by atoms with Gasteiger partial charge in [-0.05, 0) is 44.4 Å². The van der Waals surface area contributed by atoms with Crippen molar-refractivity contribution in [3.63, 3.8) is 0 Å². The van der Waals surface area contributed by atoms with Crippen molar-refractivity contribution in [2.24, 2.45) is 0 Å². The van der Waals surface area contributed by atoms with Gasteiger partial charge in [-0.3, -0.25) is 24.2 Å². The number of anilines is 2. The lowest BCUT2D eigenvalue weighted by Gasteiger charge is -2.22. The Labute approximate surface area is 202 Å². The Hall–Kier alpha value is -3.01. The van der Waals surface area contributed by atoms with E-state index in [1.165, 1.54) is 11.3 Å². The Balaban J connectivity index is 0.00000306. The first-order chi connectivity index (χ1) is 15.4. The number of halogens is 1. The van der Waals surface area contributed by atoms with Crippen LogP contribution in [0.25, 0.3) is 10.2 Å². The Kier molecular flexibility index (Phi) is 7.68. The second-order valence-corrected chi connectivity index (χ2v) is 8.77. The number of carbonyl (C=O) groups excluding carboxylic acids is 3. The van der Waals surface area contributed by atoms with E-state index in [1.807, 2.05) is 37.2 Å². The van der Waals surface area contributed by atoms with Crippen molar-refractivity contribution < 1.29 is 19.1 Å². The maximum absolute atomic E-state index is 13.5. The highest BCUT2D eigenvalue weighted by atomic mass is 35.5. The zero-order valence-electron chi connectivity index (χ0n) is 18.6. The van der Waals surface area contributed by atoms with Crippen molar-refractivity contribution in [3.8, 4) is 5.75 Å². The summed E-state index contributed by atoms with van der Waals surface area (Å²) >= 11 is 1.43. The summed E-state index contributed by atoms with van der Waals surface area (Å²) in [6.45, 7) is 1.09. The van der Waals surface area contributed by atoms with Crippen LogP contribution in [-0.2, 0) is 9.59 Å². The molecule has 0 atom stereocenters. The van der Waals surface area contributed by atoms with Gasteiger partial charge in [-0.15, -0.1) is 12.4 Å². The fourth-order valence-corrected chi connectivity index (χ4v) is 4.49. The smallest absolute Gasteiger partial charge is 0.260 e. The number of thiazole rings is 1. The van der Waals surface area contributed by atoms with Crippen LogP contribution in [0.2, 0.25) is 0 Å². The molecule has 1 saturated heterocycles. The van der Waals surface area contributed by atoms with Gasteiger partial charge in [0.05, 0.1) is 23.0 Å². The molecular formula is C23H25ClN4O4S. The van der Waals surface area contributed by atoms with Gasteiger partial charge in [-0.1, -0.05) is 17.4 Å². The van der Waals surface area contributed by atoms with Crippen molar-refractivity contribution in [1.29, 1.82) is 0 Å². The quantitative estimate of drug-likeness (QED) is 0.473. The first-order valence-corrected chi connectivity index (χ1v) is 11.1. The third-order valence-corrected chi connectivity index (χ3v) is 6.29. The van der Waals surface area contributed by atoms with Gasteiger partial charge in [0.1, 0.15) is 5.75 Å². The van der Waals surface area contributed by atoms with Crippen LogP contribution in [0.4, 0.5) is 10.8 Å². The number of imide groups is 1. The van der Waals surface area contributed by atoms with Gasteiger partial charge in [0, 0.05) is 37.6 Å². The number of amides is 3. The highest BCUT2D eigenvalue weighted by Gasteiger charge is 2.31. The second-order valence-electron chi connectivity index (χ2n) is 7.76. The molecular weight excluding hydrogens is 464 g/mol. The molecule has 33 heavy (non-hydrogen) atoms. The van der Waals surface area contributed by atoms with Crippen LogP contribution in [0, 0.1) is 0 Å². The summed E-state index contributed by atoms with van der Waals surface area (Å²) in [7, 11) is 5.48. The average Bonchev–Trinajstić information content (AvgIpc) is 3.35. The fourth-order valence-electron chi connectivity index (χ4n) is 3.52. The molecule has 10 heteroatoms. The highest BCUT2D eigenvalue weighted by Crippen LogP contribution is 2.32. The molecule has 1 aromatic heterocycles. The molecule has 0 spiro atoms. The first kappa shape index (κ1) is 24.6. The predicted molar refractivity (Wildman–Crippen MR) is 132 cm³/mol. The lowest BCUT2D eigenvalue weighted by molar-refractivity contribution is -0.121. The highest BCUT2D eigenvalue weighted by molar-refractivity contribution is 7.22. The molecule has 0 unspecified atom stereocenters. The van der Waals surface area contributed by atoms with Gasteiger partial charge in [-0.25, -0.2) is 4.98 Å². The summed E-state index contributed by atoms with van der Waals surface area (Å²) in [6.07, 6.45) is 0.391. The molecule has 1 aliphatic rings. The number of carbonyl (C=O) groups is 3. The van der Waals surface area contributed by atoms with E-state index < -0.39 is 0 Å². The van der Waals surface area contributed by atoms with E-state index in [0.29, 0.717) is 35.2 Å². The SMILES string of the molecule is COc1ccc2sc(N(CCN(C)C)C(=O)c3cccc(N4C(=O)CCC4=O)c3)nc2c1.Cl. The van der Waals surface area contributed by atoms with Crippen LogP contribution in [0.3, 0.4) is 0 Å². The number of fused-ring (bicyclic) bond motifs is 1. The van der Waals surface area contributed by atoms with Gasteiger partial charge in [0.15, 0.2) is 5.13 Å². The van der Waals surface area contributed by atoms with Gasteiger partial charge in [0.2, 0.25) is 11.8 Å². The van der Waals surface area contributed by atoms with Crippen LogP contribution in [0.1, 0.15) is 23.2 Å². The topological polar surface area (TPSA) is 83.0 Å². The second kappa shape index (κ2) is 10.3. The van der Waals surface area contributed by atoms with E-state index in [1.54, 1.807) is 36.3 Å². The van der Waals surface area contributed by atoms with Gasteiger partial charge in [0.25, 0.3) is 5.91 Å². The van der Waals surface area contributed by atoms with Crippen molar-refractivity contribution in [1.82, 2.24) is 9.88 Å². The van der Waals surface area contributed by atoms with E-state index in [0.717, 1.165) is 15.1 Å².